The van der Waals surface area contributed by atoms with Gasteiger partial charge >= 0.3 is 23.9 Å². The van der Waals surface area contributed by atoms with E-state index in [-0.39, 0.29) is 103 Å². The van der Waals surface area contributed by atoms with Gasteiger partial charge in [-0.15, -0.1) is 0 Å². The maximum Gasteiger partial charge on any atom is 0.326 e. The van der Waals surface area contributed by atoms with Crippen LogP contribution >= 0.6 is 0 Å². The fraction of sp³-hybridized carbons (Fsp3) is 0.416. The number of aromatic amines is 3. The van der Waals surface area contributed by atoms with Crippen LogP contribution in [0.3, 0.4) is 0 Å². The lowest BCUT2D eigenvalue weighted by atomic mass is 9.95. The number of carboxylic acid groups (broad SMARTS) is 4. The van der Waals surface area contributed by atoms with Gasteiger partial charge in [-0.2, -0.15) is 0 Å². The van der Waals surface area contributed by atoms with Crippen LogP contribution in [0.25, 0.3) is 32.7 Å². The Hall–Kier alpha value is -15.2. The molecule has 0 saturated carbocycles. The minimum Gasteiger partial charge on any atom is -0.480 e. The molecule has 0 bridgehead atoms. The number of carbonyl (C=O) groups excluding carboxylic acids is 9. The van der Waals surface area contributed by atoms with Crippen LogP contribution in [0.5, 0.6) is 0 Å². The second-order valence-corrected chi connectivity index (χ2v) is 39.4. The minimum absolute atomic E-state index is 0.00507. The molecule has 1 aliphatic heterocycles. The molecule has 0 radical (unpaired) electrons. The Kier molecular flexibility index (Phi) is 40.8. The number of amides is 8. The van der Waals surface area contributed by atoms with E-state index in [1.54, 1.807) is 48.5 Å². The average molecular weight is 2040 g/mol. The van der Waals surface area contributed by atoms with Crippen molar-refractivity contribution in [2.45, 2.75) is 276 Å². The van der Waals surface area contributed by atoms with E-state index in [2.05, 4.69) is 117 Å². The van der Waals surface area contributed by atoms with Crippen molar-refractivity contribution in [1.29, 1.82) is 0 Å². The van der Waals surface area contributed by atoms with Gasteiger partial charge in [-0.3, -0.25) is 63.1 Å². The first kappa shape index (κ1) is 110. The largest absolute Gasteiger partial charge is 0.480 e. The van der Waals surface area contributed by atoms with Crippen LogP contribution in [0, 0.1) is 13.8 Å². The Labute approximate surface area is 861 Å². The third kappa shape index (κ3) is 31.4. The highest BCUT2D eigenvalue weighted by atomic mass is 32.1. The topological polar surface area (TPSA) is 527 Å². The summed E-state index contributed by atoms with van der Waals surface area (Å²) in [6.45, 7) is 5.56. The molecule has 11 aromatic rings. The van der Waals surface area contributed by atoms with Crippen molar-refractivity contribution in [3.63, 3.8) is 0 Å². The van der Waals surface area contributed by atoms with Crippen molar-refractivity contribution in [3.8, 4) is 0 Å². The van der Waals surface area contributed by atoms with Crippen molar-refractivity contribution < 1.29 is 87.0 Å². The molecule has 5 aliphatic rings. The molecule has 4 aromatic carbocycles. The number of benzene rings is 4. The van der Waals surface area contributed by atoms with Crippen molar-refractivity contribution in [2.75, 3.05) is 26.2 Å². The summed E-state index contributed by atoms with van der Waals surface area (Å²) in [5.74, 6) is -4.45. The Morgan fingerprint density at radius 1 is 0.351 bits per heavy atom. The summed E-state index contributed by atoms with van der Waals surface area (Å²) in [5, 5.41) is 61.8. The molecule has 0 spiro atoms. The fourth-order valence-corrected chi connectivity index (χ4v) is 20.1. The number of pyridine rings is 4. The number of hydrogen-bond acceptors (Lipinski definition) is 19. The van der Waals surface area contributed by atoms with Crippen LogP contribution in [0.4, 0.5) is 5.69 Å². The van der Waals surface area contributed by atoms with Gasteiger partial charge in [0, 0.05) is 146 Å². The van der Waals surface area contributed by atoms with Crippen LogP contribution in [-0.2, 0) is 130 Å². The second-order valence-electron chi connectivity index (χ2n) is 38.3. The Morgan fingerprint density at radius 3 is 0.953 bits per heavy atom. The van der Waals surface area contributed by atoms with Gasteiger partial charge in [0.1, 0.15) is 47.0 Å². The number of aryl methyl sites for hydroxylation is 14. The molecule has 0 fully saturated rings. The standard InChI is InChI=1S/C29H34N4O5.C28H32N4O5S.2C28H34N4O4/c1-18(34)26-21-10-4-6-12-23(21)32-27(26)28(36)33-24(29(37)38)16-17-30-25(35)13-7-3-9-20-15-14-19-8-2-5-11-22(19)31-20;1-38(37)26-20-10-4-6-12-22(20)31-25(26)27(34)32-23(28(35)36)16-17-29-24(33)13-7-3-9-19-15-14-18-8-2-5-11-21(18)30-19;2*1-18-21-10-4-6-12-23(21)31-26(18)27(34)32-24(28(35)36)16-17-29-25(33)13-7-3-9-20-15-14-19-8-2-5-11-22(19)30-20/h4,6,10,12,14-15,24,32H,2-3,5,7-9,11,13,16-17H2,1H3,(H,30,35)(H,33,36)(H,37,38);4,6,10,12,14-15,23H,1-3,5,7-9,11,13,16-17H2,(H,29,33)(H,32,34)(H,35,36);2*4,6,10,12,14-15,24,31H,2-3,5,7-9,11,13,16-17H2,1H3,(H,29,33)(H,32,34)(H,35,36). The summed E-state index contributed by atoms with van der Waals surface area (Å²) >= 11 is 0. The first-order valence-corrected chi connectivity index (χ1v) is 53.0. The Bertz CT molecular complexity index is 6670. The molecule has 8 amide bonds. The maximum atomic E-state index is 12.9. The predicted octanol–water partition coefficient (Wildman–Crippen LogP) is 13.7. The highest BCUT2D eigenvalue weighted by Crippen LogP contribution is 2.31. The molecule has 4 unspecified atom stereocenters. The molecule has 8 heterocycles. The van der Waals surface area contributed by atoms with Crippen LogP contribution < -0.4 is 42.5 Å². The Morgan fingerprint density at radius 2 is 0.635 bits per heavy atom. The van der Waals surface area contributed by atoms with Crippen molar-refractivity contribution >= 4 is 142 Å². The molecule has 16 rings (SSSR count). The molecule has 35 heteroatoms. The average Bonchev–Trinajstić information content (AvgIpc) is 1.47. The van der Waals surface area contributed by atoms with Crippen LogP contribution in [-0.4, -0.2) is 203 Å². The van der Waals surface area contributed by atoms with Crippen molar-refractivity contribution in [2.24, 2.45) is 4.99 Å². The van der Waals surface area contributed by atoms with Crippen LogP contribution in [0.15, 0.2) is 151 Å². The van der Waals surface area contributed by atoms with Gasteiger partial charge in [-0.1, -0.05) is 97.1 Å². The van der Waals surface area contributed by atoms with Gasteiger partial charge < -0.3 is 77.9 Å². The first-order valence-electron chi connectivity index (χ1n) is 51.7. The van der Waals surface area contributed by atoms with Gasteiger partial charge in [-0.25, -0.2) is 28.4 Å². The number of para-hydroxylation sites is 4. The summed E-state index contributed by atoms with van der Waals surface area (Å²) in [6.07, 6.45) is 29.7. The highest BCUT2D eigenvalue weighted by molar-refractivity contribution is 7.85. The van der Waals surface area contributed by atoms with Gasteiger partial charge in [0.05, 0.1) is 16.1 Å². The number of unbranched alkanes of at least 4 members (excludes halogenated alkanes) is 4. The van der Waals surface area contributed by atoms with Crippen molar-refractivity contribution in [3.05, 3.63) is 253 Å². The van der Waals surface area contributed by atoms with E-state index in [1.165, 1.54) is 103 Å². The number of aromatic nitrogens is 7. The lowest BCUT2D eigenvalue weighted by Gasteiger charge is -2.15. The van der Waals surface area contributed by atoms with E-state index in [9.17, 15) is 87.0 Å². The van der Waals surface area contributed by atoms with Gasteiger partial charge in [0.2, 0.25) is 23.6 Å². The molecule has 0 saturated heterocycles. The molecule has 4 atom stereocenters. The number of nitrogens with zero attached hydrogens (tertiary/aromatic N) is 5. The number of hydrogen-bond donors (Lipinski definition) is 15. The molecule has 148 heavy (non-hydrogen) atoms. The third-order valence-electron chi connectivity index (χ3n) is 27.4. The summed E-state index contributed by atoms with van der Waals surface area (Å²) in [6, 6.07) is 41.4. The number of fused-ring (bicyclic) bond motifs is 8. The smallest absolute Gasteiger partial charge is 0.326 e. The summed E-state index contributed by atoms with van der Waals surface area (Å²) in [5.41, 5.74) is 20.3. The lowest BCUT2D eigenvalue weighted by Crippen LogP contribution is -2.47. The maximum absolute atomic E-state index is 12.9. The molecule has 34 nitrogen and oxygen atoms in total. The SMILES string of the molecule is C=S(=O)=C1C(C(=O)NC(CCNC(=O)CCCCc2ccc3c(n2)CCCC3)C(=O)O)=Nc2ccccc21.CC(=O)c1c(C(=O)NC(CCNC(=O)CCCCc2ccc3c(n2)CCCC3)C(=O)O)[nH]c2ccccc12.Cc1c(C(=O)NC(CCNC(=O)CCCCc2ccc3c(n2)CCCC3)C(=O)O)[nH]c2ccccc12.Cc1c(C(=O)NC(CCNC(=O)CCCCc2ccc3c(n2)CCCC3)C(=O)O)[nH]c2ccccc12. The Balaban J connectivity index is 0.000000165. The van der Waals surface area contributed by atoms with E-state index < -0.39 is 81.7 Å². The second kappa shape index (κ2) is 54.9. The number of H-pyrrole nitrogens is 3. The summed E-state index contributed by atoms with van der Waals surface area (Å²) < 4.78 is 12.2. The molecule has 4 aliphatic carbocycles. The number of aliphatic carboxylic acids is 4. The summed E-state index contributed by atoms with van der Waals surface area (Å²) in [7, 11) is -1.74. The number of Topliss-reactive ketones (excluding diaryl/α,β-unsaturated/α-hetero) is 1. The van der Waals surface area contributed by atoms with Crippen molar-refractivity contribution in [1.82, 2.24) is 77.4 Å². The predicted molar refractivity (Wildman–Crippen MR) is 568 cm³/mol. The zero-order chi connectivity index (χ0) is 105. The first-order chi connectivity index (χ1) is 71.5. The third-order valence-corrected chi connectivity index (χ3v) is 28.3. The fourth-order valence-electron chi connectivity index (χ4n) is 19.3. The van der Waals surface area contributed by atoms with Gasteiger partial charge in [0.25, 0.3) is 23.6 Å². The van der Waals surface area contributed by atoms with Crippen LogP contribution in [0.1, 0.15) is 287 Å². The number of ketones is 1. The van der Waals surface area contributed by atoms with Gasteiger partial charge in [-0.05, 0) is 314 Å². The molecule has 15 N–H and O–H groups in total. The van der Waals surface area contributed by atoms with E-state index in [0.717, 1.165) is 171 Å². The van der Waals surface area contributed by atoms with E-state index in [4.69, 9.17) is 19.9 Å². The number of aliphatic imine (C=N–C) groups is 1. The number of nitrogens with one attached hydrogen (secondary N) is 11. The lowest BCUT2D eigenvalue weighted by molar-refractivity contribution is -0.141. The molecular formula is C113H134N16O18S. The molecular weight excluding hydrogens is 1900 g/mol. The molecule has 7 aromatic heterocycles. The minimum atomic E-state index is -1.74. The van der Waals surface area contributed by atoms with Gasteiger partial charge in [0.15, 0.2) is 5.78 Å². The number of carboxylic acids is 4. The van der Waals surface area contributed by atoms with E-state index in [1.807, 2.05) is 62.4 Å². The monoisotopic (exact) mass is 2030 g/mol. The highest BCUT2D eigenvalue weighted by Gasteiger charge is 2.33. The number of carbonyl (C=O) groups is 13. The van der Waals surface area contributed by atoms with E-state index >= 15 is 0 Å². The summed E-state index contributed by atoms with van der Waals surface area (Å²) in [4.78, 5) is 192. The zero-order valence-corrected chi connectivity index (χ0v) is 85.1. The zero-order valence-electron chi connectivity index (χ0n) is 84.3. The quantitative estimate of drug-likeness (QED) is 0.00957. The number of rotatable bonds is 45. The van der Waals surface area contributed by atoms with E-state index in [0.29, 0.717) is 72.1 Å². The molecule has 780 valence electrons. The van der Waals surface area contributed by atoms with Crippen LogP contribution in [0.2, 0.25) is 0 Å². The normalized spacial score (nSPS) is 13.9.